The Bertz CT molecular complexity index is 202. The minimum absolute atomic E-state index is 0.0751. The number of carbonyl (C=O) groups excluding carboxylic acids is 1. The number of amides is 1. The summed E-state index contributed by atoms with van der Waals surface area (Å²) in [7, 11) is 0. The zero-order chi connectivity index (χ0) is 12.6. The molecule has 0 aromatic heterocycles. The second-order valence-corrected chi connectivity index (χ2v) is 5.48. The molecule has 0 aliphatic carbocycles. The topological polar surface area (TPSA) is 55.1 Å². The molecule has 0 fully saturated rings. The molecule has 0 saturated carbocycles. The van der Waals surface area contributed by atoms with Crippen LogP contribution in [0.15, 0.2) is 0 Å². The Labute approximate surface area is 100 Å². The normalized spacial score (nSPS) is 13.6. The lowest BCUT2D eigenvalue weighted by Crippen LogP contribution is -2.39. The molecule has 0 spiro atoms. The van der Waals surface area contributed by atoms with Gasteiger partial charge in [-0.2, -0.15) is 0 Å². The number of hydrogen-bond acceptors (Lipinski definition) is 2. The van der Waals surface area contributed by atoms with Crippen molar-refractivity contribution in [3.63, 3.8) is 0 Å². The molecule has 16 heavy (non-hydrogen) atoms. The van der Waals surface area contributed by atoms with Gasteiger partial charge in [-0.25, -0.2) is 0 Å². The highest BCUT2D eigenvalue weighted by Gasteiger charge is 2.19. The van der Waals surface area contributed by atoms with Gasteiger partial charge in [-0.3, -0.25) is 4.79 Å². The molecule has 0 aromatic rings. The fourth-order valence-corrected chi connectivity index (χ4v) is 1.55. The Hall–Kier alpha value is -0.570. The molecule has 0 aliphatic heterocycles. The Morgan fingerprint density at radius 2 is 2.00 bits per heavy atom. The standard InChI is InChI=1S/C13H28N2O/c1-5-6-7-8-13(3,4)10-15-12(16)11(2)9-14/h11H,5-10,14H2,1-4H3,(H,15,16). The van der Waals surface area contributed by atoms with Crippen molar-refractivity contribution in [3.8, 4) is 0 Å². The van der Waals surface area contributed by atoms with Crippen LogP contribution in [-0.4, -0.2) is 19.0 Å². The first-order valence-corrected chi connectivity index (χ1v) is 6.40. The molecule has 3 N–H and O–H groups in total. The molecule has 96 valence electrons. The minimum atomic E-state index is -0.0774. The maximum absolute atomic E-state index is 11.6. The van der Waals surface area contributed by atoms with Crippen LogP contribution < -0.4 is 11.1 Å². The SMILES string of the molecule is CCCCCC(C)(C)CNC(=O)C(C)CN. The first-order chi connectivity index (χ1) is 7.43. The fourth-order valence-electron chi connectivity index (χ4n) is 1.55. The summed E-state index contributed by atoms with van der Waals surface area (Å²) < 4.78 is 0. The molecule has 0 heterocycles. The molecule has 0 saturated heterocycles. The van der Waals surface area contributed by atoms with Crippen LogP contribution >= 0.6 is 0 Å². The highest BCUT2D eigenvalue weighted by Crippen LogP contribution is 2.22. The third-order valence-corrected chi connectivity index (χ3v) is 3.00. The van der Waals surface area contributed by atoms with E-state index in [2.05, 4.69) is 26.1 Å². The molecule has 1 amide bonds. The van der Waals surface area contributed by atoms with E-state index >= 15 is 0 Å². The summed E-state index contributed by atoms with van der Waals surface area (Å²) in [4.78, 5) is 11.6. The van der Waals surface area contributed by atoms with Crippen molar-refractivity contribution in [2.45, 2.75) is 53.4 Å². The van der Waals surface area contributed by atoms with Gasteiger partial charge in [-0.1, -0.05) is 47.0 Å². The van der Waals surface area contributed by atoms with E-state index in [1.165, 1.54) is 19.3 Å². The molecule has 3 nitrogen and oxygen atoms in total. The lowest BCUT2D eigenvalue weighted by Gasteiger charge is -2.25. The summed E-state index contributed by atoms with van der Waals surface area (Å²) >= 11 is 0. The molecule has 0 radical (unpaired) electrons. The van der Waals surface area contributed by atoms with Crippen molar-refractivity contribution in [1.29, 1.82) is 0 Å². The van der Waals surface area contributed by atoms with E-state index in [9.17, 15) is 4.79 Å². The number of nitrogens with one attached hydrogen (secondary N) is 1. The van der Waals surface area contributed by atoms with Gasteiger partial charge in [0.1, 0.15) is 0 Å². The summed E-state index contributed by atoms with van der Waals surface area (Å²) in [5.41, 5.74) is 5.64. The number of unbranched alkanes of at least 4 members (excludes halogenated alkanes) is 2. The summed E-state index contributed by atoms with van der Waals surface area (Å²) in [6, 6.07) is 0. The van der Waals surface area contributed by atoms with Crippen LogP contribution in [-0.2, 0) is 4.79 Å². The lowest BCUT2D eigenvalue weighted by molar-refractivity contribution is -0.124. The van der Waals surface area contributed by atoms with E-state index < -0.39 is 0 Å². The average Bonchev–Trinajstić information content (AvgIpc) is 2.25. The molecule has 1 unspecified atom stereocenters. The molecule has 0 bridgehead atoms. The van der Waals surface area contributed by atoms with Crippen LogP contribution in [0.2, 0.25) is 0 Å². The molecule has 3 heteroatoms. The van der Waals surface area contributed by atoms with Crippen LogP contribution in [0.5, 0.6) is 0 Å². The summed E-state index contributed by atoms with van der Waals surface area (Å²) in [5, 5.41) is 2.98. The van der Waals surface area contributed by atoms with E-state index in [0.29, 0.717) is 6.54 Å². The Morgan fingerprint density at radius 1 is 1.38 bits per heavy atom. The van der Waals surface area contributed by atoms with Crippen molar-refractivity contribution in [2.24, 2.45) is 17.1 Å². The molecule has 0 aliphatic rings. The van der Waals surface area contributed by atoms with Crippen molar-refractivity contribution in [2.75, 3.05) is 13.1 Å². The van der Waals surface area contributed by atoms with Gasteiger partial charge in [0.2, 0.25) is 5.91 Å². The van der Waals surface area contributed by atoms with Gasteiger partial charge in [-0.15, -0.1) is 0 Å². The van der Waals surface area contributed by atoms with Crippen LogP contribution in [0.1, 0.15) is 53.4 Å². The zero-order valence-electron chi connectivity index (χ0n) is 11.3. The second-order valence-electron chi connectivity index (χ2n) is 5.48. The number of rotatable bonds is 8. The van der Waals surface area contributed by atoms with Crippen molar-refractivity contribution < 1.29 is 4.79 Å². The van der Waals surface area contributed by atoms with Crippen LogP contribution in [0, 0.1) is 11.3 Å². The highest BCUT2D eigenvalue weighted by molar-refractivity contribution is 5.78. The quantitative estimate of drug-likeness (QED) is 0.626. The van der Waals surface area contributed by atoms with Gasteiger partial charge in [-0.05, 0) is 11.8 Å². The highest BCUT2D eigenvalue weighted by atomic mass is 16.1. The smallest absolute Gasteiger partial charge is 0.224 e. The van der Waals surface area contributed by atoms with Crippen LogP contribution in [0.3, 0.4) is 0 Å². The second kappa shape index (κ2) is 7.66. The largest absolute Gasteiger partial charge is 0.355 e. The fraction of sp³-hybridized carbons (Fsp3) is 0.923. The third kappa shape index (κ3) is 6.83. The van der Waals surface area contributed by atoms with Crippen molar-refractivity contribution in [3.05, 3.63) is 0 Å². The summed E-state index contributed by atoms with van der Waals surface area (Å²) in [5.74, 6) is -0.00231. The Morgan fingerprint density at radius 3 is 2.50 bits per heavy atom. The molecule has 1 atom stereocenters. The van der Waals surface area contributed by atoms with Gasteiger partial charge in [0, 0.05) is 19.0 Å². The molecular weight excluding hydrogens is 200 g/mol. The third-order valence-electron chi connectivity index (χ3n) is 3.00. The van der Waals surface area contributed by atoms with Gasteiger partial charge in [0.05, 0.1) is 0 Å². The first kappa shape index (κ1) is 15.4. The van der Waals surface area contributed by atoms with Crippen LogP contribution in [0.25, 0.3) is 0 Å². The number of carbonyl (C=O) groups is 1. The van der Waals surface area contributed by atoms with E-state index in [0.717, 1.165) is 13.0 Å². The van der Waals surface area contributed by atoms with Gasteiger partial charge >= 0.3 is 0 Å². The summed E-state index contributed by atoms with van der Waals surface area (Å²) in [6.45, 7) is 9.64. The predicted molar refractivity (Wildman–Crippen MR) is 69.2 cm³/mol. The minimum Gasteiger partial charge on any atom is -0.355 e. The van der Waals surface area contributed by atoms with E-state index in [1.807, 2.05) is 6.92 Å². The van der Waals surface area contributed by atoms with E-state index in [4.69, 9.17) is 5.73 Å². The van der Waals surface area contributed by atoms with Gasteiger partial charge in [0.25, 0.3) is 0 Å². The number of hydrogen-bond donors (Lipinski definition) is 2. The molecule has 0 rings (SSSR count). The summed E-state index contributed by atoms with van der Waals surface area (Å²) in [6.07, 6.45) is 4.92. The van der Waals surface area contributed by atoms with Gasteiger partial charge in [0.15, 0.2) is 0 Å². The Balaban J connectivity index is 3.84. The number of nitrogens with two attached hydrogens (primary N) is 1. The predicted octanol–water partition coefficient (Wildman–Crippen LogP) is 2.30. The van der Waals surface area contributed by atoms with Gasteiger partial charge < -0.3 is 11.1 Å². The lowest BCUT2D eigenvalue weighted by atomic mass is 9.86. The molecule has 0 aromatic carbocycles. The van der Waals surface area contributed by atoms with E-state index in [-0.39, 0.29) is 17.2 Å². The average molecular weight is 228 g/mol. The monoisotopic (exact) mass is 228 g/mol. The maximum atomic E-state index is 11.6. The Kier molecular flexibility index (Phi) is 7.39. The molecular formula is C13H28N2O. The van der Waals surface area contributed by atoms with E-state index in [1.54, 1.807) is 0 Å². The zero-order valence-corrected chi connectivity index (χ0v) is 11.3. The first-order valence-electron chi connectivity index (χ1n) is 6.40. The van der Waals surface area contributed by atoms with Crippen molar-refractivity contribution >= 4 is 5.91 Å². The maximum Gasteiger partial charge on any atom is 0.224 e. The van der Waals surface area contributed by atoms with Crippen LogP contribution in [0.4, 0.5) is 0 Å². The van der Waals surface area contributed by atoms with Crippen molar-refractivity contribution in [1.82, 2.24) is 5.32 Å².